The quantitative estimate of drug-likeness (QED) is 0.396. The molecule has 0 amide bonds. The fourth-order valence-electron chi connectivity index (χ4n) is 1.15. The Balaban J connectivity index is 0.00000112. The summed E-state index contributed by atoms with van der Waals surface area (Å²) in [6, 6.07) is 15.8. The summed E-state index contributed by atoms with van der Waals surface area (Å²) in [7, 11) is 0. The monoisotopic (exact) mass is 226 g/mol. The van der Waals surface area contributed by atoms with Gasteiger partial charge >= 0.3 is 59.1 Å². The molecule has 2 rings (SSSR count). The van der Waals surface area contributed by atoms with Crippen LogP contribution < -0.4 is 59.1 Å². The molecular formula is C13H10NNa2. The Bertz CT molecular complexity index is 336. The Morgan fingerprint density at radius 2 is 1.56 bits per heavy atom. The smallest absolute Gasteiger partial charge is 0.296 e. The largest absolute Gasteiger partial charge is 1.00 e. The second-order valence-corrected chi connectivity index (χ2v) is 2.91. The third-order valence-electron chi connectivity index (χ3n) is 1.85. The number of nitrogens with zero attached hydrogens (tertiary/aromatic N) is 1. The molecule has 0 aliphatic heterocycles. The topological polar surface area (TPSA) is 12.9 Å². The second-order valence-electron chi connectivity index (χ2n) is 2.91. The third-order valence-corrected chi connectivity index (χ3v) is 1.85. The standard InChI is InChI=1S/C13H10N.2Na/c1-2-6-12(7-3-1)9-10-13-8-4-5-11-14-13;;/h1-8,10-11H;;/q-2;2*+1. The maximum absolute atomic E-state index is 4.18. The normalized spacial score (nSPS) is 8.25. The van der Waals surface area contributed by atoms with E-state index in [2.05, 4.69) is 11.4 Å². The number of aromatic nitrogens is 1. The third kappa shape index (κ3) is 5.44. The second kappa shape index (κ2) is 9.17. The molecule has 1 radical (unpaired) electrons. The van der Waals surface area contributed by atoms with Gasteiger partial charge in [0.05, 0.1) is 0 Å². The average molecular weight is 226 g/mol. The zero-order chi connectivity index (χ0) is 9.64. The molecule has 3 heteroatoms. The summed E-state index contributed by atoms with van der Waals surface area (Å²) < 4.78 is 0. The van der Waals surface area contributed by atoms with Crippen molar-refractivity contribution in [3.05, 3.63) is 78.8 Å². The maximum Gasteiger partial charge on any atom is 1.00 e. The van der Waals surface area contributed by atoms with Gasteiger partial charge in [0.15, 0.2) is 0 Å². The number of hydrogen-bond donors (Lipinski definition) is 0. The van der Waals surface area contributed by atoms with Gasteiger partial charge in [0.2, 0.25) is 0 Å². The van der Waals surface area contributed by atoms with Crippen molar-refractivity contribution in [2.75, 3.05) is 0 Å². The van der Waals surface area contributed by atoms with Gasteiger partial charge in [0, 0.05) is 6.20 Å². The van der Waals surface area contributed by atoms with Gasteiger partial charge in [-0.2, -0.15) is 18.2 Å². The van der Waals surface area contributed by atoms with E-state index in [4.69, 9.17) is 0 Å². The fraction of sp³-hybridized carbons (Fsp3) is 0. The number of rotatable bonds is 3. The number of pyridine rings is 1. The summed E-state index contributed by atoms with van der Waals surface area (Å²) in [6.07, 6.45) is 6.83. The number of hydrogen-bond acceptors (Lipinski definition) is 1. The van der Waals surface area contributed by atoms with E-state index < -0.39 is 0 Å². The minimum Gasteiger partial charge on any atom is -0.296 e. The van der Waals surface area contributed by atoms with Crippen LogP contribution in [0.1, 0.15) is 11.3 Å². The van der Waals surface area contributed by atoms with E-state index in [0.717, 1.165) is 11.3 Å². The molecule has 0 bridgehead atoms. The molecule has 16 heavy (non-hydrogen) atoms. The Kier molecular flexibility index (Phi) is 9.24. The van der Waals surface area contributed by atoms with Crippen LogP contribution in [-0.4, -0.2) is 4.98 Å². The van der Waals surface area contributed by atoms with Gasteiger partial charge in [-0.3, -0.25) is 11.4 Å². The molecule has 69 valence electrons. The summed E-state index contributed by atoms with van der Waals surface area (Å²) in [4.78, 5) is 4.18. The van der Waals surface area contributed by atoms with Crippen LogP contribution in [-0.2, 0) is 0 Å². The van der Waals surface area contributed by atoms with Crippen molar-refractivity contribution in [1.29, 1.82) is 0 Å². The van der Waals surface area contributed by atoms with Crippen LogP contribution in [0, 0.1) is 12.8 Å². The molecular weight excluding hydrogens is 216 g/mol. The Morgan fingerprint density at radius 3 is 2.19 bits per heavy atom. The Morgan fingerprint density at radius 1 is 0.875 bits per heavy atom. The molecule has 0 atom stereocenters. The zero-order valence-electron chi connectivity index (χ0n) is 9.72. The van der Waals surface area contributed by atoms with E-state index in [1.807, 2.05) is 55.0 Å². The van der Waals surface area contributed by atoms with Gasteiger partial charge in [-0.05, 0) is 0 Å². The molecule has 0 aliphatic rings. The van der Waals surface area contributed by atoms with E-state index in [1.165, 1.54) is 0 Å². The number of benzene rings is 1. The van der Waals surface area contributed by atoms with Crippen LogP contribution in [0.5, 0.6) is 0 Å². The summed E-state index contributed by atoms with van der Waals surface area (Å²) in [5, 5.41) is 0. The van der Waals surface area contributed by atoms with Crippen molar-refractivity contribution < 1.29 is 59.1 Å². The molecule has 1 nitrogen and oxygen atoms in total. The average Bonchev–Trinajstić information content (AvgIpc) is 2.29. The summed E-state index contributed by atoms with van der Waals surface area (Å²) in [6.45, 7) is 0. The van der Waals surface area contributed by atoms with Crippen molar-refractivity contribution in [2.24, 2.45) is 0 Å². The van der Waals surface area contributed by atoms with Gasteiger partial charge < -0.3 is 0 Å². The summed E-state index contributed by atoms with van der Waals surface area (Å²) >= 11 is 0. The van der Waals surface area contributed by atoms with Gasteiger partial charge in [0.25, 0.3) is 0 Å². The predicted octanol–water partition coefficient (Wildman–Crippen LogP) is -3.23. The molecule has 0 saturated heterocycles. The molecule has 0 fully saturated rings. The molecule has 1 aromatic heterocycles. The molecule has 0 aliphatic carbocycles. The first-order valence-electron chi connectivity index (χ1n) is 4.51. The fourth-order valence-corrected chi connectivity index (χ4v) is 1.15. The first-order valence-corrected chi connectivity index (χ1v) is 4.51. The zero-order valence-corrected chi connectivity index (χ0v) is 13.7. The van der Waals surface area contributed by atoms with E-state index in [-0.39, 0.29) is 59.1 Å². The molecule has 1 aromatic carbocycles. The van der Waals surface area contributed by atoms with E-state index >= 15 is 0 Å². The minimum atomic E-state index is 0. The van der Waals surface area contributed by atoms with Gasteiger partial charge in [-0.15, -0.1) is 23.9 Å². The van der Waals surface area contributed by atoms with Gasteiger partial charge in [0.1, 0.15) is 0 Å². The summed E-state index contributed by atoms with van der Waals surface area (Å²) in [5.74, 6) is 0. The molecule has 2 aromatic rings. The van der Waals surface area contributed by atoms with Crippen LogP contribution in [0.3, 0.4) is 0 Å². The summed E-state index contributed by atoms with van der Waals surface area (Å²) in [5.41, 5.74) is 1.99. The molecule has 0 spiro atoms. The van der Waals surface area contributed by atoms with E-state index in [1.54, 1.807) is 6.20 Å². The maximum atomic E-state index is 4.18. The van der Waals surface area contributed by atoms with E-state index in [9.17, 15) is 0 Å². The van der Waals surface area contributed by atoms with Crippen molar-refractivity contribution in [2.45, 2.75) is 0 Å². The van der Waals surface area contributed by atoms with Crippen LogP contribution >= 0.6 is 0 Å². The van der Waals surface area contributed by atoms with E-state index in [0.29, 0.717) is 0 Å². The van der Waals surface area contributed by atoms with Gasteiger partial charge in [-0.1, -0.05) is 12.1 Å². The molecule has 0 N–H and O–H groups in total. The first-order chi connectivity index (χ1) is 6.95. The molecule has 0 unspecified atom stereocenters. The van der Waals surface area contributed by atoms with Crippen molar-refractivity contribution in [3.63, 3.8) is 0 Å². The SMILES string of the molecule is [C-]([CH-]c1ccccn1)c1ccccc1.[Na+].[Na+]. The van der Waals surface area contributed by atoms with Crippen LogP contribution in [0.4, 0.5) is 0 Å². The Labute approximate surface area is 141 Å². The van der Waals surface area contributed by atoms with Crippen molar-refractivity contribution in [3.8, 4) is 0 Å². The first kappa shape index (κ1) is 16.1. The van der Waals surface area contributed by atoms with Crippen LogP contribution in [0.25, 0.3) is 0 Å². The van der Waals surface area contributed by atoms with Gasteiger partial charge in [-0.25, -0.2) is 12.0 Å². The van der Waals surface area contributed by atoms with Crippen molar-refractivity contribution >= 4 is 0 Å². The molecule has 0 saturated carbocycles. The van der Waals surface area contributed by atoms with Crippen molar-refractivity contribution in [1.82, 2.24) is 4.98 Å². The Hall–Kier alpha value is 0.110. The minimum absolute atomic E-state index is 0. The van der Waals surface area contributed by atoms with Crippen LogP contribution in [0.15, 0.2) is 54.7 Å². The predicted molar refractivity (Wildman–Crippen MR) is 56.4 cm³/mol. The molecule has 1 heterocycles. The van der Waals surface area contributed by atoms with Crippen LogP contribution in [0.2, 0.25) is 0 Å².